The number of unbranched alkanes of at least 4 members (excludes halogenated alkanes) is 1. The van der Waals surface area contributed by atoms with E-state index in [-0.39, 0.29) is 12.4 Å². The van der Waals surface area contributed by atoms with Crippen molar-refractivity contribution in [2.75, 3.05) is 32.7 Å². The summed E-state index contributed by atoms with van der Waals surface area (Å²) in [7, 11) is 0. The molecular weight excluding hydrogens is 612 g/mol. The summed E-state index contributed by atoms with van der Waals surface area (Å²) in [5, 5.41) is 9.37. The predicted molar refractivity (Wildman–Crippen MR) is 181 cm³/mol. The highest BCUT2D eigenvalue weighted by Crippen LogP contribution is 2.27. The lowest BCUT2D eigenvalue weighted by molar-refractivity contribution is 0.0526. The van der Waals surface area contributed by atoms with Crippen molar-refractivity contribution >= 4 is 18.0 Å². The smallest absolute Gasteiger partial charge is 0.408 e. The minimum Gasteiger partial charge on any atom is -0.445 e. The number of aromatic nitrogens is 2. The van der Waals surface area contributed by atoms with Crippen molar-refractivity contribution in [3.05, 3.63) is 83.5 Å². The molecule has 12 nitrogen and oxygen atoms in total. The Bertz CT molecular complexity index is 1420. The van der Waals surface area contributed by atoms with Crippen LogP contribution in [0.3, 0.4) is 0 Å². The van der Waals surface area contributed by atoms with E-state index in [2.05, 4.69) is 67.8 Å². The Kier molecular flexibility index (Phi) is 13.9. The quantitative estimate of drug-likeness (QED) is 0.141. The predicted octanol–water partition coefficient (Wildman–Crippen LogP) is 5.90. The molecule has 2 unspecified atom stereocenters. The molecule has 0 radical (unpaired) electrons. The highest BCUT2D eigenvalue weighted by Gasteiger charge is 2.29. The number of alkyl carbamates (subject to hydrolysis) is 2. The summed E-state index contributed by atoms with van der Waals surface area (Å²) in [5.74, 6) is -0.195. The summed E-state index contributed by atoms with van der Waals surface area (Å²) >= 11 is 0. The van der Waals surface area contributed by atoms with Crippen LogP contribution in [-0.2, 0) is 22.6 Å². The number of amides is 2. The Morgan fingerprint density at radius 3 is 2.27 bits per heavy atom. The van der Waals surface area contributed by atoms with Gasteiger partial charge in [-0.05, 0) is 57.6 Å². The number of nitrogens with one attached hydrogen (secondary N) is 2. The highest BCUT2D eigenvalue weighted by atomic mass is 16.6. The molecule has 0 saturated carbocycles. The molecule has 0 bridgehead atoms. The van der Waals surface area contributed by atoms with Crippen LogP contribution < -0.4 is 10.6 Å². The van der Waals surface area contributed by atoms with Crippen molar-refractivity contribution < 1.29 is 28.4 Å². The van der Waals surface area contributed by atoms with Crippen LogP contribution in [0.5, 0.6) is 0 Å². The molecule has 1 aliphatic rings. The van der Waals surface area contributed by atoms with E-state index in [1.165, 1.54) is 5.56 Å². The van der Waals surface area contributed by atoms with Gasteiger partial charge in [0, 0.05) is 38.8 Å². The summed E-state index contributed by atoms with van der Waals surface area (Å²) in [6.07, 6.45) is 2.38. The minimum absolute atomic E-state index is 0.0670. The first-order chi connectivity index (χ1) is 23.1. The van der Waals surface area contributed by atoms with E-state index >= 15 is 0 Å². The number of hydrogen-bond acceptors (Lipinski definition) is 10. The molecule has 2 amide bonds. The highest BCUT2D eigenvalue weighted by molar-refractivity contribution is 5.98. The molecule has 48 heavy (non-hydrogen) atoms. The van der Waals surface area contributed by atoms with Crippen LogP contribution in [0.15, 0.2) is 65.2 Å². The van der Waals surface area contributed by atoms with Gasteiger partial charge < -0.3 is 24.6 Å². The van der Waals surface area contributed by atoms with Gasteiger partial charge in [0.1, 0.15) is 12.2 Å². The second kappa shape index (κ2) is 18.3. The molecular formula is C36H50N6O6. The van der Waals surface area contributed by atoms with E-state index in [1.54, 1.807) is 20.8 Å². The SMILES string of the molecule is CCCC(c1ccccc1)N1CCN(Cc2nc(C(=O)C(CCCCNC(=O)OC(C)(C)C)NC(=O)OCc3ccccc3)no2)CC1. The minimum atomic E-state index is -0.933. The lowest BCUT2D eigenvalue weighted by atomic mass is 10.00. The van der Waals surface area contributed by atoms with E-state index in [1.807, 2.05) is 30.3 Å². The maximum atomic E-state index is 13.5. The van der Waals surface area contributed by atoms with E-state index in [0.717, 1.165) is 44.6 Å². The molecule has 12 heteroatoms. The summed E-state index contributed by atoms with van der Waals surface area (Å²) in [6.45, 7) is 12.0. The number of carbonyl (C=O) groups excluding carboxylic acids is 3. The molecule has 4 rings (SSSR count). The molecule has 1 saturated heterocycles. The zero-order valence-corrected chi connectivity index (χ0v) is 28.7. The monoisotopic (exact) mass is 662 g/mol. The van der Waals surface area contributed by atoms with Crippen LogP contribution in [0.25, 0.3) is 0 Å². The number of ketones is 1. The largest absolute Gasteiger partial charge is 0.445 e. The first-order valence-corrected chi connectivity index (χ1v) is 16.9. The third-order valence-corrected chi connectivity index (χ3v) is 8.05. The number of rotatable bonds is 16. The number of carbonyl (C=O) groups is 3. The van der Waals surface area contributed by atoms with Crippen molar-refractivity contribution in [3.8, 4) is 0 Å². The second-order valence-electron chi connectivity index (χ2n) is 13.1. The van der Waals surface area contributed by atoms with E-state index in [9.17, 15) is 14.4 Å². The summed E-state index contributed by atoms with van der Waals surface area (Å²) in [5.41, 5.74) is 1.58. The Morgan fingerprint density at radius 2 is 1.60 bits per heavy atom. The molecule has 1 aromatic heterocycles. The van der Waals surface area contributed by atoms with E-state index in [0.29, 0.717) is 44.3 Å². The Labute approximate surface area is 283 Å². The summed E-state index contributed by atoms with van der Waals surface area (Å²) in [6, 6.07) is 19.4. The molecule has 2 atom stereocenters. The lowest BCUT2D eigenvalue weighted by Gasteiger charge is -2.39. The van der Waals surface area contributed by atoms with E-state index in [4.69, 9.17) is 14.0 Å². The Balaban J connectivity index is 1.31. The van der Waals surface area contributed by atoms with Crippen molar-refractivity contribution in [2.24, 2.45) is 0 Å². The number of benzene rings is 2. The van der Waals surface area contributed by atoms with Crippen molar-refractivity contribution in [1.29, 1.82) is 0 Å². The van der Waals surface area contributed by atoms with Gasteiger partial charge >= 0.3 is 12.2 Å². The molecule has 2 N–H and O–H groups in total. The third kappa shape index (κ3) is 12.1. The maximum absolute atomic E-state index is 13.5. The van der Waals surface area contributed by atoms with Gasteiger partial charge in [-0.2, -0.15) is 4.98 Å². The average Bonchev–Trinajstić information content (AvgIpc) is 3.54. The summed E-state index contributed by atoms with van der Waals surface area (Å²) in [4.78, 5) is 47.4. The Morgan fingerprint density at radius 1 is 0.917 bits per heavy atom. The number of ether oxygens (including phenoxy) is 2. The van der Waals surface area contributed by atoms with Gasteiger partial charge in [0.25, 0.3) is 0 Å². The molecule has 0 spiro atoms. The van der Waals surface area contributed by atoms with Gasteiger partial charge in [-0.15, -0.1) is 0 Å². The van der Waals surface area contributed by atoms with Gasteiger partial charge in [-0.25, -0.2) is 9.59 Å². The molecule has 2 heterocycles. The van der Waals surface area contributed by atoms with Crippen LogP contribution in [0.2, 0.25) is 0 Å². The number of nitrogens with zero attached hydrogens (tertiary/aromatic N) is 4. The average molecular weight is 663 g/mol. The zero-order valence-electron chi connectivity index (χ0n) is 28.7. The Hall–Kier alpha value is -4.29. The molecule has 3 aromatic rings. The summed E-state index contributed by atoms with van der Waals surface area (Å²) < 4.78 is 16.1. The fourth-order valence-electron chi connectivity index (χ4n) is 5.66. The fraction of sp³-hybridized carbons (Fsp3) is 0.528. The normalized spacial score (nSPS) is 15.3. The molecule has 1 fully saturated rings. The topological polar surface area (TPSA) is 139 Å². The van der Waals surface area contributed by atoms with E-state index < -0.39 is 29.6 Å². The second-order valence-corrected chi connectivity index (χ2v) is 13.1. The molecule has 0 aliphatic carbocycles. The van der Waals surface area contributed by atoms with Crippen molar-refractivity contribution in [1.82, 2.24) is 30.6 Å². The standard InChI is InChI=1S/C36H50N6O6/c1-5-14-30(28-17-10-7-11-18-28)42-23-21-41(22-24-42)25-31-39-33(40-48-31)32(43)29(19-12-13-20-37-34(44)47-36(2,3)4)38-35(45)46-26-27-15-8-6-9-16-27/h6-11,15-18,29-30H,5,12-14,19-26H2,1-4H3,(H,37,44)(H,38,45). The van der Waals surface area contributed by atoms with Crippen LogP contribution in [0.1, 0.15) is 93.5 Å². The van der Waals surface area contributed by atoms with Crippen LogP contribution >= 0.6 is 0 Å². The number of Topliss-reactive ketones (excluding diaryl/α,β-unsaturated/α-hetero) is 1. The number of hydrogen-bond donors (Lipinski definition) is 2. The van der Waals surface area contributed by atoms with Crippen molar-refractivity contribution in [2.45, 2.75) is 90.6 Å². The van der Waals surface area contributed by atoms with Gasteiger partial charge in [0.2, 0.25) is 17.5 Å². The van der Waals surface area contributed by atoms with Gasteiger partial charge in [0.15, 0.2) is 0 Å². The van der Waals surface area contributed by atoms with Crippen LogP contribution in [0.4, 0.5) is 9.59 Å². The van der Waals surface area contributed by atoms with Crippen LogP contribution in [-0.4, -0.2) is 82.3 Å². The first kappa shape index (κ1) is 36.5. The van der Waals surface area contributed by atoms with Crippen molar-refractivity contribution in [3.63, 3.8) is 0 Å². The molecule has 2 aromatic carbocycles. The van der Waals surface area contributed by atoms with Gasteiger partial charge in [-0.3, -0.25) is 14.6 Å². The molecule has 1 aliphatic heterocycles. The fourth-order valence-corrected chi connectivity index (χ4v) is 5.66. The zero-order chi connectivity index (χ0) is 34.4. The van der Waals surface area contributed by atoms with Gasteiger partial charge in [-0.1, -0.05) is 79.2 Å². The first-order valence-electron chi connectivity index (χ1n) is 16.9. The number of piperazine rings is 1. The maximum Gasteiger partial charge on any atom is 0.408 e. The third-order valence-electron chi connectivity index (χ3n) is 8.05. The molecule has 260 valence electrons. The lowest BCUT2D eigenvalue weighted by Crippen LogP contribution is -2.47. The van der Waals surface area contributed by atoms with Gasteiger partial charge in [0.05, 0.1) is 12.6 Å². The van der Waals surface area contributed by atoms with Crippen LogP contribution in [0, 0.1) is 0 Å².